The molecule has 0 radical (unpaired) electrons. The molecule has 138 valence electrons. The van der Waals surface area contributed by atoms with Gasteiger partial charge in [0.05, 0.1) is 11.6 Å². The first kappa shape index (κ1) is 19.6. The van der Waals surface area contributed by atoms with Gasteiger partial charge in [-0.1, -0.05) is 48.0 Å². The normalized spacial score (nSPS) is 10.1. The Labute approximate surface area is 157 Å². The van der Waals surface area contributed by atoms with Gasteiger partial charge >= 0.3 is 6.09 Å². The van der Waals surface area contributed by atoms with Crippen LogP contribution in [0.4, 0.5) is 4.79 Å². The van der Waals surface area contributed by atoms with Crippen LogP contribution in [0.2, 0.25) is 5.02 Å². The number of benzene rings is 2. The second-order valence-corrected chi connectivity index (χ2v) is 5.70. The Morgan fingerprint density at radius 3 is 2.42 bits per heavy atom. The summed E-state index contributed by atoms with van der Waals surface area (Å²) in [5, 5.41) is 5.57. The molecule has 6 nitrogen and oxygen atoms in total. The van der Waals surface area contributed by atoms with Gasteiger partial charge in [-0.2, -0.15) is 0 Å². The van der Waals surface area contributed by atoms with Gasteiger partial charge in [0.2, 0.25) is 0 Å². The third-order valence-corrected chi connectivity index (χ3v) is 3.69. The molecular weight excluding hydrogens is 356 g/mol. The van der Waals surface area contributed by atoms with E-state index in [0.717, 1.165) is 11.1 Å². The zero-order valence-electron chi connectivity index (χ0n) is 14.5. The molecule has 2 amide bonds. The molecule has 0 unspecified atom stereocenters. The molecule has 0 bridgehead atoms. The van der Waals surface area contributed by atoms with Crippen molar-refractivity contribution >= 4 is 23.6 Å². The van der Waals surface area contributed by atoms with Crippen LogP contribution in [0.15, 0.2) is 48.5 Å². The van der Waals surface area contributed by atoms with Gasteiger partial charge in [-0.3, -0.25) is 4.79 Å². The first-order chi connectivity index (χ1) is 12.6. The van der Waals surface area contributed by atoms with E-state index < -0.39 is 6.09 Å². The van der Waals surface area contributed by atoms with Crippen LogP contribution >= 0.6 is 11.6 Å². The van der Waals surface area contributed by atoms with Crippen molar-refractivity contribution in [2.45, 2.75) is 6.92 Å². The molecule has 0 atom stereocenters. The van der Waals surface area contributed by atoms with Crippen LogP contribution in [0.1, 0.15) is 6.92 Å². The summed E-state index contributed by atoms with van der Waals surface area (Å²) in [4.78, 5) is 22.8. The van der Waals surface area contributed by atoms with Gasteiger partial charge in [-0.25, -0.2) is 4.79 Å². The minimum atomic E-state index is -0.511. The highest BCUT2D eigenvalue weighted by atomic mass is 35.5. The molecule has 0 spiro atoms. The molecule has 0 aliphatic rings. The maximum absolute atomic E-state index is 11.8. The van der Waals surface area contributed by atoms with Crippen LogP contribution in [0.3, 0.4) is 0 Å². The van der Waals surface area contributed by atoms with Crippen LogP contribution < -0.4 is 15.4 Å². The smallest absolute Gasteiger partial charge is 0.407 e. The summed E-state index contributed by atoms with van der Waals surface area (Å²) in [5.41, 5.74) is 2.02. The molecule has 0 saturated heterocycles. The first-order valence-electron chi connectivity index (χ1n) is 8.25. The van der Waals surface area contributed by atoms with Gasteiger partial charge in [0, 0.05) is 13.1 Å². The Morgan fingerprint density at radius 2 is 1.73 bits per heavy atom. The number of hydrogen-bond donors (Lipinski definition) is 2. The van der Waals surface area contributed by atoms with E-state index in [-0.39, 0.29) is 25.6 Å². The van der Waals surface area contributed by atoms with Crippen molar-refractivity contribution in [2.75, 3.05) is 26.3 Å². The molecule has 0 aliphatic carbocycles. The van der Waals surface area contributed by atoms with Gasteiger partial charge < -0.3 is 20.1 Å². The number of rotatable bonds is 8. The summed E-state index contributed by atoms with van der Waals surface area (Å²) in [6.45, 7) is 2.41. The van der Waals surface area contributed by atoms with E-state index in [4.69, 9.17) is 21.1 Å². The number of ether oxygens (including phenoxy) is 2. The average Bonchev–Trinajstić information content (AvgIpc) is 2.65. The number of amides is 2. The van der Waals surface area contributed by atoms with Gasteiger partial charge in [0.1, 0.15) is 5.75 Å². The van der Waals surface area contributed by atoms with Crippen molar-refractivity contribution in [1.29, 1.82) is 0 Å². The molecular formula is C19H21ClN2O4. The van der Waals surface area contributed by atoms with Gasteiger partial charge in [-0.15, -0.1) is 0 Å². The minimum Gasteiger partial charge on any atom is -0.482 e. The first-order valence-corrected chi connectivity index (χ1v) is 8.63. The summed E-state index contributed by atoms with van der Waals surface area (Å²) in [7, 11) is 0. The lowest BCUT2D eigenvalue weighted by atomic mass is 10.1. The lowest BCUT2D eigenvalue weighted by molar-refractivity contribution is -0.123. The lowest BCUT2D eigenvalue weighted by Gasteiger charge is -2.10. The summed E-state index contributed by atoms with van der Waals surface area (Å²) in [5.74, 6) is 0.130. The summed E-state index contributed by atoms with van der Waals surface area (Å²) in [6.07, 6.45) is -0.511. The minimum absolute atomic E-state index is 0.163. The molecule has 7 heteroatoms. The third-order valence-electron chi connectivity index (χ3n) is 3.39. The van der Waals surface area contributed by atoms with Crippen molar-refractivity contribution in [3.05, 3.63) is 53.6 Å². The largest absolute Gasteiger partial charge is 0.482 e. The van der Waals surface area contributed by atoms with Crippen molar-refractivity contribution < 1.29 is 19.1 Å². The Morgan fingerprint density at radius 1 is 1.00 bits per heavy atom. The van der Waals surface area contributed by atoms with E-state index in [0.29, 0.717) is 17.4 Å². The molecule has 26 heavy (non-hydrogen) atoms. The van der Waals surface area contributed by atoms with Crippen LogP contribution in [0.25, 0.3) is 11.1 Å². The molecule has 2 aromatic rings. The number of hydrogen-bond acceptors (Lipinski definition) is 4. The summed E-state index contributed by atoms with van der Waals surface area (Å²) < 4.78 is 10.2. The van der Waals surface area contributed by atoms with Gasteiger partial charge in [0.25, 0.3) is 5.91 Å². The van der Waals surface area contributed by atoms with Crippen LogP contribution in [-0.2, 0) is 9.53 Å². The average molecular weight is 377 g/mol. The molecule has 0 fully saturated rings. The van der Waals surface area contributed by atoms with Crippen LogP contribution in [0.5, 0.6) is 5.75 Å². The van der Waals surface area contributed by atoms with E-state index in [2.05, 4.69) is 10.6 Å². The van der Waals surface area contributed by atoms with Crippen molar-refractivity contribution in [2.24, 2.45) is 0 Å². The van der Waals surface area contributed by atoms with E-state index in [1.54, 1.807) is 19.1 Å². The van der Waals surface area contributed by atoms with Gasteiger partial charge in [0.15, 0.2) is 6.61 Å². The molecule has 2 aromatic carbocycles. The Balaban J connectivity index is 1.77. The highest BCUT2D eigenvalue weighted by Crippen LogP contribution is 2.30. The maximum atomic E-state index is 11.8. The Kier molecular flexibility index (Phi) is 7.76. The molecule has 2 rings (SSSR count). The molecule has 0 saturated carbocycles. The maximum Gasteiger partial charge on any atom is 0.407 e. The standard InChI is InChI=1S/C19H21ClN2O4/c1-2-25-19(24)22-11-10-21-18(23)13-26-17-9-8-15(12-16(17)20)14-6-4-3-5-7-14/h3-9,12H,2,10-11,13H2,1H3,(H,21,23)(H,22,24). The van der Waals surface area contributed by atoms with Crippen LogP contribution in [-0.4, -0.2) is 38.3 Å². The van der Waals surface area contributed by atoms with E-state index >= 15 is 0 Å². The fraction of sp³-hybridized carbons (Fsp3) is 0.263. The second kappa shape index (κ2) is 10.3. The quantitative estimate of drug-likeness (QED) is 0.693. The predicted octanol–water partition coefficient (Wildman–Crippen LogP) is 3.25. The zero-order chi connectivity index (χ0) is 18.8. The number of carbonyl (C=O) groups is 2. The fourth-order valence-electron chi connectivity index (χ4n) is 2.17. The van der Waals surface area contributed by atoms with Gasteiger partial charge in [-0.05, 0) is 30.2 Å². The highest BCUT2D eigenvalue weighted by Gasteiger charge is 2.08. The lowest BCUT2D eigenvalue weighted by Crippen LogP contribution is -2.37. The number of nitrogens with one attached hydrogen (secondary N) is 2. The van der Waals surface area contributed by atoms with E-state index in [1.165, 1.54) is 0 Å². The summed E-state index contributed by atoms with van der Waals surface area (Å²) >= 11 is 6.24. The van der Waals surface area contributed by atoms with Crippen molar-refractivity contribution in [3.63, 3.8) is 0 Å². The SMILES string of the molecule is CCOC(=O)NCCNC(=O)COc1ccc(-c2ccccc2)cc1Cl. The molecule has 0 aromatic heterocycles. The monoisotopic (exact) mass is 376 g/mol. The molecule has 0 heterocycles. The van der Waals surface area contributed by atoms with Crippen LogP contribution in [0, 0.1) is 0 Å². The summed E-state index contributed by atoms with van der Waals surface area (Å²) in [6, 6.07) is 15.3. The Hall–Kier alpha value is -2.73. The topological polar surface area (TPSA) is 76.7 Å². The predicted molar refractivity (Wildman–Crippen MR) is 100 cm³/mol. The molecule has 0 aliphatic heterocycles. The van der Waals surface area contributed by atoms with Crippen molar-refractivity contribution in [1.82, 2.24) is 10.6 Å². The number of carbonyl (C=O) groups excluding carboxylic acids is 2. The third kappa shape index (κ3) is 6.29. The van der Waals surface area contributed by atoms with E-state index in [1.807, 2.05) is 36.4 Å². The Bertz CT molecular complexity index is 738. The second-order valence-electron chi connectivity index (χ2n) is 5.30. The van der Waals surface area contributed by atoms with Crippen molar-refractivity contribution in [3.8, 4) is 16.9 Å². The number of halogens is 1. The highest BCUT2D eigenvalue weighted by molar-refractivity contribution is 6.32. The number of alkyl carbamates (subject to hydrolysis) is 1. The fourth-order valence-corrected chi connectivity index (χ4v) is 2.41. The molecule has 2 N–H and O–H groups in total. The van der Waals surface area contributed by atoms with E-state index in [9.17, 15) is 9.59 Å². The zero-order valence-corrected chi connectivity index (χ0v) is 15.2.